The second kappa shape index (κ2) is 5.52. The molecule has 1 aromatic rings. The Bertz CT molecular complexity index is 367. The molecule has 0 spiro atoms. The molecule has 0 atom stereocenters. The van der Waals surface area contributed by atoms with Crippen molar-refractivity contribution in [2.24, 2.45) is 5.92 Å². The zero-order valence-electron chi connectivity index (χ0n) is 10.8. The van der Waals surface area contributed by atoms with E-state index in [-0.39, 0.29) is 5.82 Å². The van der Waals surface area contributed by atoms with Gasteiger partial charge in [-0.25, -0.2) is 4.39 Å². The highest BCUT2D eigenvalue weighted by atomic mass is 19.1. The molecule has 1 fully saturated rings. The van der Waals surface area contributed by atoms with Gasteiger partial charge in [-0.3, -0.25) is 0 Å². The van der Waals surface area contributed by atoms with Crippen molar-refractivity contribution in [3.8, 4) is 0 Å². The fourth-order valence-corrected chi connectivity index (χ4v) is 2.68. The largest absolute Gasteiger partial charge is 0.380 e. The Hall–Kier alpha value is -1.05. The Labute approximate surface area is 103 Å². The number of halogens is 1. The van der Waals surface area contributed by atoms with E-state index >= 15 is 0 Å². The van der Waals surface area contributed by atoms with Crippen molar-refractivity contribution < 1.29 is 4.39 Å². The number of nitrogens with one attached hydrogen (secondary N) is 1. The van der Waals surface area contributed by atoms with Crippen LogP contribution in [0.2, 0.25) is 0 Å². The molecule has 0 aliphatic heterocycles. The number of rotatable bonds is 3. The summed E-state index contributed by atoms with van der Waals surface area (Å²) in [4.78, 5) is 0. The predicted molar refractivity (Wildman–Crippen MR) is 70.8 cm³/mol. The van der Waals surface area contributed by atoms with Gasteiger partial charge in [-0.1, -0.05) is 19.4 Å². The molecule has 0 unspecified atom stereocenters. The van der Waals surface area contributed by atoms with Crippen LogP contribution in [0.25, 0.3) is 0 Å². The molecule has 94 valence electrons. The molecule has 1 saturated carbocycles. The van der Waals surface area contributed by atoms with Crippen molar-refractivity contribution in [1.29, 1.82) is 0 Å². The van der Waals surface area contributed by atoms with E-state index in [1.165, 1.54) is 32.1 Å². The molecule has 1 aliphatic carbocycles. The number of anilines is 1. The zero-order valence-corrected chi connectivity index (χ0v) is 10.8. The molecule has 17 heavy (non-hydrogen) atoms. The molecule has 0 amide bonds. The van der Waals surface area contributed by atoms with Crippen LogP contribution in [-0.4, -0.2) is 6.04 Å². The first-order valence-corrected chi connectivity index (χ1v) is 6.71. The third-order valence-corrected chi connectivity index (χ3v) is 3.91. The van der Waals surface area contributed by atoms with Gasteiger partial charge in [0.25, 0.3) is 0 Å². The Morgan fingerprint density at radius 3 is 2.59 bits per heavy atom. The maximum Gasteiger partial charge on any atom is 0.146 e. The maximum absolute atomic E-state index is 13.6. The summed E-state index contributed by atoms with van der Waals surface area (Å²) in [7, 11) is 0. The van der Waals surface area contributed by atoms with E-state index in [0.717, 1.165) is 11.5 Å². The van der Waals surface area contributed by atoms with Crippen LogP contribution in [0.1, 0.15) is 44.6 Å². The van der Waals surface area contributed by atoms with Crippen molar-refractivity contribution in [3.05, 3.63) is 29.6 Å². The van der Waals surface area contributed by atoms with Crippen LogP contribution in [0, 0.1) is 18.7 Å². The quantitative estimate of drug-likeness (QED) is 0.812. The summed E-state index contributed by atoms with van der Waals surface area (Å²) in [6, 6.07) is 5.72. The van der Waals surface area contributed by atoms with E-state index < -0.39 is 0 Å². The summed E-state index contributed by atoms with van der Waals surface area (Å²) in [5.74, 6) is 0.753. The maximum atomic E-state index is 13.6. The highest BCUT2D eigenvalue weighted by Crippen LogP contribution is 2.29. The standard InChI is InChI=1S/C15H22FN/c1-3-12-5-7-13(8-6-12)17-15-10-11(2)4-9-14(15)16/h4,9-10,12-13,17H,3,5-8H2,1-2H3. The van der Waals surface area contributed by atoms with Gasteiger partial charge in [0.05, 0.1) is 5.69 Å². The molecule has 1 aromatic carbocycles. The Morgan fingerprint density at radius 2 is 1.94 bits per heavy atom. The molecule has 0 radical (unpaired) electrons. The molecule has 0 bridgehead atoms. The average Bonchev–Trinajstić information content (AvgIpc) is 2.35. The van der Waals surface area contributed by atoms with Crippen LogP contribution >= 0.6 is 0 Å². The second-order valence-electron chi connectivity index (χ2n) is 5.25. The number of hydrogen-bond donors (Lipinski definition) is 1. The topological polar surface area (TPSA) is 12.0 Å². The smallest absolute Gasteiger partial charge is 0.146 e. The van der Waals surface area contributed by atoms with Crippen molar-refractivity contribution in [3.63, 3.8) is 0 Å². The van der Waals surface area contributed by atoms with E-state index in [9.17, 15) is 4.39 Å². The molecular formula is C15H22FN. The highest BCUT2D eigenvalue weighted by Gasteiger charge is 2.20. The lowest BCUT2D eigenvalue weighted by atomic mass is 9.84. The first kappa shape index (κ1) is 12.4. The third-order valence-electron chi connectivity index (χ3n) is 3.91. The van der Waals surface area contributed by atoms with Gasteiger partial charge in [0.1, 0.15) is 5.82 Å². The summed E-state index contributed by atoms with van der Waals surface area (Å²) in [5, 5.41) is 3.36. The molecule has 0 aromatic heterocycles. The Morgan fingerprint density at radius 1 is 1.24 bits per heavy atom. The predicted octanol–water partition coefficient (Wildman–Crippen LogP) is 4.51. The van der Waals surface area contributed by atoms with Gasteiger partial charge in [-0.2, -0.15) is 0 Å². The molecule has 1 N–H and O–H groups in total. The van der Waals surface area contributed by atoms with E-state index in [1.807, 2.05) is 19.1 Å². The normalized spacial score (nSPS) is 24.6. The van der Waals surface area contributed by atoms with Crippen molar-refractivity contribution in [2.45, 2.75) is 52.0 Å². The van der Waals surface area contributed by atoms with Crippen LogP contribution in [0.15, 0.2) is 18.2 Å². The van der Waals surface area contributed by atoms with Crippen LogP contribution in [0.4, 0.5) is 10.1 Å². The fourth-order valence-electron chi connectivity index (χ4n) is 2.68. The summed E-state index contributed by atoms with van der Waals surface area (Å²) >= 11 is 0. The minimum Gasteiger partial charge on any atom is -0.380 e. The lowest BCUT2D eigenvalue weighted by Crippen LogP contribution is -2.26. The molecule has 1 nitrogen and oxygen atoms in total. The van der Waals surface area contributed by atoms with Crippen LogP contribution < -0.4 is 5.32 Å². The molecular weight excluding hydrogens is 213 g/mol. The van der Waals surface area contributed by atoms with Gasteiger partial charge in [0.2, 0.25) is 0 Å². The molecule has 2 heteroatoms. The van der Waals surface area contributed by atoms with E-state index in [1.54, 1.807) is 6.07 Å². The van der Waals surface area contributed by atoms with Gasteiger partial charge in [0.15, 0.2) is 0 Å². The SMILES string of the molecule is CCC1CCC(Nc2cc(C)ccc2F)CC1. The lowest BCUT2D eigenvalue weighted by Gasteiger charge is -2.29. The van der Waals surface area contributed by atoms with Crippen molar-refractivity contribution >= 4 is 5.69 Å². The number of hydrogen-bond acceptors (Lipinski definition) is 1. The first-order chi connectivity index (χ1) is 8.19. The van der Waals surface area contributed by atoms with Gasteiger partial charge >= 0.3 is 0 Å². The van der Waals surface area contributed by atoms with Gasteiger partial charge < -0.3 is 5.32 Å². The summed E-state index contributed by atoms with van der Waals surface area (Å²) < 4.78 is 13.6. The van der Waals surface area contributed by atoms with Crippen LogP contribution in [-0.2, 0) is 0 Å². The number of aryl methyl sites for hydroxylation is 1. The van der Waals surface area contributed by atoms with Gasteiger partial charge in [0, 0.05) is 6.04 Å². The second-order valence-corrected chi connectivity index (χ2v) is 5.25. The average molecular weight is 235 g/mol. The summed E-state index contributed by atoms with van der Waals surface area (Å²) in [6.45, 7) is 4.26. The van der Waals surface area contributed by atoms with Gasteiger partial charge in [-0.15, -0.1) is 0 Å². The number of benzene rings is 1. The highest BCUT2D eigenvalue weighted by molar-refractivity contribution is 5.47. The zero-order chi connectivity index (χ0) is 12.3. The molecule has 0 heterocycles. The third kappa shape index (κ3) is 3.21. The minimum absolute atomic E-state index is 0.131. The molecule has 0 saturated heterocycles. The fraction of sp³-hybridized carbons (Fsp3) is 0.600. The summed E-state index contributed by atoms with van der Waals surface area (Å²) in [6.07, 6.45) is 6.19. The van der Waals surface area contributed by atoms with Crippen LogP contribution in [0.3, 0.4) is 0 Å². The minimum atomic E-state index is -0.131. The van der Waals surface area contributed by atoms with Crippen molar-refractivity contribution in [2.75, 3.05) is 5.32 Å². The molecule has 1 aliphatic rings. The Balaban J connectivity index is 1.95. The van der Waals surface area contributed by atoms with Crippen LogP contribution in [0.5, 0.6) is 0 Å². The van der Waals surface area contributed by atoms with E-state index in [2.05, 4.69) is 12.2 Å². The van der Waals surface area contributed by atoms with Gasteiger partial charge in [-0.05, 0) is 56.2 Å². The van der Waals surface area contributed by atoms with E-state index in [4.69, 9.17) is 0 Å². The lowest BCUT2D eigenvalue weighted by molar-refractivity contribution is 0.329. The van der Waals surface area contributed by atoms with E-state index in [0.29, 0.717) is 11.7 Å². The van der Waals surface area contributed by atoms with Crippen molar-refractivity contribution in [1.82, 2.24) is 0 Å². The summed E-state index contributed by atoms with van der Waals surface area (Å²) in [5.41, 5.74) is 1.78. The molecule has 2 rings (SSSR count). The monoisotopic (exact) mass is 235 g/mol. The Kier molecular flexibility index (Phi) is 4.03. The first-order valence-electron chi connectivity index (χ1n) is 6.71.